The van der Waals surface area contributed by atoms with Crippen LogP contribution in [0.5, 0.6) is 0 Å². The maximum absolute atomic E-state index is 6.15. The van der Waals surface area contributed by atoms with Crippen molar-refractivity contribution in [2.24, 2.45) is 10.8 Å². The Morgan fingerprint density at radius 1 is 1.16 bits per heavy atom. The Morgan fingerprint density at radius 2 is 1.84 bits per heavy atom. The van der Waals surface area contributed by atoms with Gasteiger partial charge in [-0.25, -0.2) is 0 Å². The van der Waals surface area contributed by atoms with Gasteiger partial charge in [-0.05, 0) is 29.4 Å². The zero-order valence-electron chi connectivity index (χ0n) is 10.0. The topological polar surface area (TPSA) is 50.4 Å². The minimum absolute atomic E-state index is 0.143. The van der Waals surface area contributed by atoms with Gasteiger partial charge in [-0.1, -0.05) is 54.1 Å². The number of halogens is 1. The molecule has 0 aromatic heterocycles. The van der Waals surface area contributed by atoms with Crippen molar-refractivity contribution < 1.29 is 0 Å². The summed E-state index contributed by atoms with van der Waals surface area (Å²) in [4.78, 5) is 0. The molecule has 96 valence electrons. The summed E-state index contributed by atoms with van der Waals surface area (Å²) < 4.78 is 0. The fourth-order valence-corrected chi connectivity index (χ4v) is 1.91. The van der Waals surface area contributed by atoms with Crippen molar-refractivity contribution >= 4 is 35.1 Å². The summed E-state index contributed by atoms with van der Waals surface area (Å²) in [7, 11) is 0. The second-order valence-corrected chi connectivity index (χ2v) is 4.68. The predicted octanol–water partition coefficient (Wildman–Crippen LogP) is 3.17. The summed E-state index contributed by atoms with van der Waals surface area (Å²) in [5.41, 5.74) is 10.8. The monoisotopic (exact) mass is 289 g/mol. The Labute approximate surface area is 122 Å². The molecule has 0 atom stereocenters. The lowest BCUT2D eigenvalue weighted by Gasteiger charge is -2.04. The van der Waals surface area contributed by atoms with Crippen LogP contribution in [-0.4, -0.2) is 11.3 Å². The van der Waals surface area contributed by atoms with Crippen molar-refractivity contribution in [3.63, 3.8) is 0 Å². The van der Waals surface area contributed by atoms with Crippen LogP contribution in [0.4, 0.5) is 0 Å². The van der Waals surface area contributed by atoms with Gasteiger partial charge in [0.05, 0.1) is 6.21 Å². The largest absolute Gasteiger partial charge is 0.375 e. The number of thiocarbonyl (C=S) groups is 1. The highest BCUT2D eigenvalue weighted by Gasteiger charge is 2.01. The molecule has 19 heavy (non-hydrogen) atoms. The van der Waals surface area contributed by atoms with Gasteiger partial charge < -0.3 is 5.73 Å². The summed E-state index contributed by atoms with van der Waals surface area (Å²) in [6.45, 7) is 0. The van der Waals surface area contributed by atoms with Crippen LogP contribution < -0.4 is 11.2 Å². The first-order valence-corrected chi connectivity index (χ1v) is 6.39. The molecule has 3 nitrogen and oxygen atoms in total. The van der Waals surface area contributed by atoms with Crippen LogP contribution in [0.25, 0.3) is 11.1 Å². The van der Waals surface area contributed by atoms with Crippen molar-refractivity contribution in [3.05, 3.63) is 59.1 Å². The number of nitrogens with zero attached hydrogens (tertiary/aromatic N) is 1. The first kappa shape index (κ1) is 13.5. The van der Waals surface area contributed by atoms with Gasteiger partial charge in [0.25, 0.3) is 0 Å². The smallest absolute Gasteiger partial charge is 0.184 e. The third-order valence-corrected chi connectivity index (χ3v) is 2.90. The zero-order valence-corrected chi connectivity index (χ0v) is 11.6. The van der Waals surface area contributed by atoms with Crippen LogP contribution in [0.3, 0.4) is 0 Å². The Hall–Kier alpha value is -1.91. The SMILES string of the molecule is NC(=S)NN=Cc1ccc(-c2ccccc2Cl)cc1. The molecule has 2 aromatic carbocycles. The molecule has 0 radical (unpaired) electrons. The first-order valence-electron chi connectivity index (χ1n) is 5.60. The second-order valence-electron chi connectivity index (χ2n) is 3.84. The molecule has 0 fully saturated rings. The molecule has 0 aliphatic carbocycles. The van der Waals surface area contributed by atoms with E-state index in [1.54, 1.807) is 6.21 Å². The van der Waals surface area contributed by atoms with Gasteiger partial charge in [0.2, 0.25) is 0 Å². The number of hydrogen-bond acceptors (Lipinski definition) is 2. The van der Waals surface area contributed by atoms with Gasteiger partial charge in [-0.2, -0.15) is 5.10 Å². The summed E-state index contributed by atoms with van der Waals surface area (Å²) >= 11 is 10.8. The zero-order chi connectivity index (χ0) is 13.7. The quantitative estimate of drug-likeness (QED) is 0.518. The molecule has 5 heteroatoms. The van der Waals surface area contributed by atoms with Gasteiger partial charge in [-0.3, -0.25) is 5.43 Å². The minimum Gasteiger partial charge on any atom is -0.375 e. The lowest BCUT2D eigenvalue weighted by molar-refractivity contribution is 1.04. The molecule has 0 saturated heterocycles. The maximum Gasteiger partial charge on any atom is 0.184 e. The van der Waals surface area contributed by atoms with Crippen LogP contribution in [0.15, 0.2) is 53.6 Å². The number of nitrogens with one attached hydrogen (secondary N) is 1. The van der Waals surface area contributed by atoms with Crippen LogP contribution in [0, 0.1) is 0 Å². The van der Waals surface area contributed by atoms with Crippen LogP contribution in [0.2, 0.25) is 5.02 Å². The second kappa shape index (κ2) is 6.31. The van der Waals surface area contributed by atoms with E-state index in [-0.39, 0.29) is 5.11 Å². The molecule has 0 aliphatic heterocycles. The van der Waals surface area contributed by atoms with E-state index in [2.05, 4.69) is 22.7 Å². The van der Waals surface area contributed by atoms with Gasteiger partial charge in [-0.15, -0.1) is 0 Å². The Kier molecular flexibility index (Phi) is 4.49. The Morgan fingerprint density at radius 3 is 2.47 bits per heavy atom. The van der Waals surface area contributed by atoms with Gasteiger partial charge in [0, 0.05) is 10.6 Å². The maximum atomic E-state index is 6.15. The van der Waals surface area contributed by atoms with E-state index in [0.717, 1.165) is 21.7 Å². The Bertz CT molecular complexity index is 608. The van der Waals surface area contributed by atoms with Crippen molar-refractivity contribution in [3.8, 4) is 11.1 Å². The number of hydrogen-bond donors (Lipinski definition) is 2. The van der Waals surface area contributed by atoms with E-state index < -0.39 is 0 Å². The number of rotatable bonds is 3. The fourth-order valence-electron chi connectivity index (χ4n) is 1.61. The summed E-state index contributed by atoms with van der Waals surface area (Å²) in [6.07, 6.45) is 1.65. The number of hydrazone groups is 1. The van der Waals surface area contributed by atoms with E-state index >= 15 is 0 Å². The van der Waals surface area contributed by atoms with Gasteiger partial charge in [0.15, 0.2) is 5.11 Å². The molecule has 0 aliphatic rings. The van der Waals surface area contributed by atoms with Crippen molar-refractivity contribution in [1.29, 1.82) is 0 Å². The Balaban J connectivity index is 2.17. The molecule has 2 aromatic rings. The summed E-state index contributed by atoms with van der Waals surface area (Å²) in [5, 5.41) is 4.77. The fraction of sp³-hybridized carbons (Fsp3) is 0. The third-order valence-electron chi connectivity index (χ3n) is 2.48. The average molecular weight is 290 g/mol. The highest BCUT2D eigenvalue weighted by Crippen LogP contribution is 2.27. The molecular weight excluding hydrogens is 278 g/mol. The van der Waals surface area contributed by atoms with Crippen molar-refractivity contribution in [1.82, 2.24) is 5.43 Å². The molecule has 0 heterocycles. The molecule has 3 N–H and O–H groups in total. The van der Waals surface area contributed by atoms with Gasteiger partial charge >= 0.3 is 0 Å². The van der Waals surface area contributed by atoms with Crippen LogP contribution in [-0.2, 0) is 0 Å². The lowest BCUT2D eigenvalue weighted by atomic mass is 10.0. The molecule has 0 spiro atoms. The number of nitrogens with two attached hydrogens (primary N) is 1. The molecule has 0 bridgehead atoms. The van der Waals surface area contributed by atoms with E-state index in [0.29, 0.717) is 0 Å². The van der Waals surface area contributed by atoms with E-state index in [1.165, 1.54) is 0 Å². The number of benzene rings is 2. The third kappa shape index (κ3) is 3.77. The van der Waals surface area contributed by atoms with Crippen molar-refractivity contribution in [2.75, 3.05) is 0 Å². The molecule has 0 amide bonds. The van der Waals surface area contributed by atoms with E-state index in [9.17, 15) is 0 Å². The van der Waals surface area contributed by atoms with E-state index in [4.69, 9.17) is 17.3 Å². The standard InChI is InChI=1S/C14H12ClN3S/c15-13-4-2-1-3-12(13)11-7-5-10(6-8-11)9-17-18-14(16)19/h1-9H,(H3,16,18,19). The van der Waals surface area contributed by atoms with E-state index in [1.807, 2.05) is 48.5 Å². The predicted molar refractivity (Wildman–Crippen MR) is 84.4 cm³/mol. The van der Waals surface area contributed by atoms with Crippen LogP contribution in [0.1, 0.15) is 5.56 Å². The average Bonchev–Trinajstić information content (AvgIpc) is 2.40. The summed E-state index contributed by atoms with van der Waals surface area (Å²) in [6, 6.07) is 15.6. The van der Waals surface area contributed by atoms with Crippen molar-refractivity contribution in [2.45, 2.75) is 0 Å². The summed E-state index contributed by atoms with van der Waals surface area (Å²) in [5.74, 6) is 0. The highest BCUT2D eigenvalue weighted by atomic mass is 35.5. The highest BCUT2D eigenvalue weighted by molar-refractivity contribution is 7.80. The molecule has 2 rings (SSSR count). The first-order chi connectivity index (χ1) is 9.16. The lowest BCUT2D eigenvalue weighted by Crippen LogP contribution is -2.23. The molecular formula is C14H12ClN3S. The van der Waals surface area contributed by atoms with Crippen LogP contribution >= 0.6 is 23.8 Å². The minimum atomic E-state index is 0.143. The molecule has 0 saturated carbocycles. The normalized spacial score (nSPS) is 10.6. The molecule has 0 unspecified atom stereocenters. The van der Waals surface area contributed by atoms with Gasteiger partial charge in [0.1, 0.15) is 0 Å².